The van der Waals surface area contributed by atoms with E-state index in [-0.39, 0.29) is 0 Å². The van der Waals surface area contributed by atoms with Gasteiger partial charge in [-0.05, 0) is 31.0 Å². The van der Waals surface area contributed by atoms with Crippen LogP contribution in [-0.2, 0) is 13.1 Å². The number of hydrogen-bond donors (Lipinski definition) is 1. The maximum Gasteiger partial charge on any atom is 0.0485 e. The van der Waals surface area contributed by atoms with Gasteiger partial charge in [-0.25, -0.2) is 0 Å². The normalized spacial score (nSPS) is 10.7. The summed E-state index contributed by atoms with van der Waals surface area (Å²) in [7, 11) is 0. The largest absolute Gasteiger partial charge is 0.345 e. The highest BCUT2D eigenvalue weighted by Crippen LogP contribution is 2.25. The van der Waals surface area contributed by atoms with Crippen molar-refractivity contribution in [2.24, 2.45) is 5.73 Å². The van der Waals surface area contributed by atoms with Crippen molar-refractivity contribution in [2.45, 2.75) is 26.9 Å². The van der Waals surface area contributed by atoms with Gasteiger partial charge in [-0.15, -0.1) is 0 Å². The quantitative estimate of drug-likeness (QED) is 0.836. The number of benzene rings is 1. The molecular formula is C14H18N2. The summed E-state index contributed by atoms with van der Waals surface area (Å²) in [6.07, 6.45) is 0. The third-order valence-corrected chi connectivity index (χ3v) is 3.08. The van der Waals surface area contributed by atoms with Gasteiger partial charge in [-0.3, -0.25) is 0 Å². The van der Waals surface area contributed by atoms with Crippen molar-refractivity contribution >= 4 is 0 Å². The van der Waals surface area contributed by atoms with Gasteiger partial charge in [0.05, 0.1) is 0 Å². The van der Waals surface area contributed by atoms with Crippen LogP contribution in [0.3, 0.4) is 0 Å². The molecule has 0 aliphatic heterocycles. The molecule has 0 atom stereocenters. The minimum absolute atomic E-state index is 0.610. The molecule has 1 aromatic heterocycles. The monoisotopic (exact) mass is 214 g/mol. The minimum Gasteiger partial charge on any atom is -0.345 e. The average molecular weight is 214 g/mol. The Morgan fingerprint density at radius 3 is 2.44 bits per heavy atom. The van der Waals surface area contributed by atoms with Crippen LogP contribution in [-0.4, -0.2) is 4.57 Å². The van der Waals surface area contributed by atoms with Crippen LogP contribution in [0.1, 0.15) is 18.2 Å². The van der Waals surface area contributed by atoms with E-state index in [4.69, 9.17) is 5.73 Å². The molecule has 16 heavy (non-hydrogen) atoms. The number of aromatic nitrogens is 1. The highest BCUT2D eigenvalue weighted by Gasteiger charge is 2.10. The third kappa shape index (κ3) is 1.76. The molecule has 0 spiro atoms. The lowest BCUT2D eigenvalue weighted by atomic mass is 10.1. The molecule has 0 aliphatic carbocycles. The van der Waals surface area contributed by atoms with Gasteiger partial charge < -0.3 is 10.3 Å². The van der Waals surface area contributed by atoms with E-state index in [0.717, 1.165) is 6.54 Å². The van der Waals surface area contributed by atoms with E-state index in [9.17, 15) is 0 Å². The van der Waals surface area contributed by atoms with Gasteiger partial charge in [0, 0.05) is 24.5 Å². The molecule has 1 heterocycles. The summed E-state index contributed by atoms with van der Waals surface area (Å²) in [5, 5.41) is 0. The third-order valence-electron chi connectivity index (χ3n) is 3.08. The summed E-state index contributed by atoms with van der Waals surface area (Å²) in [5.74, 6) is 0. The molecular weight excluding hydrogens is 196 g/mol. The van der Waals surface area contributed by atoms with E-state index in [1.165, 1.54) is 22.5 Å². The molecule has 0 unspecified atom stereocenters. The van der Waals surface area contributed by atoms with Crippen molar-refractivity contribution in [3.8, 4) is 11.3 Å². The standard InChI is InChI=1S/C14H18N2/c1-3-16-11(2)13(10-15)9-14(16)12-7-5-4-6-8-12/h4-9H,3,10,15H2,1-2H3. The summed E-state index contributed by atoms with van der Waals surface area (Å²) < 4.78 is 2.32. The van der Waals surface area contributed by atoms with Gasteiger partial charge in [0.15, 0.2) is 0 Å². The summed E-state index contributed by atoms with van der Waals surface area (Å²) in [4.78, 5) is 0. The molecule has 2 rings (SSSR count). The van der Waals surface area contributed by atoms with Crippen molar-refractivity contribution in [3.63, 3.8) is 0 Å². The van der Waals surface area contributed by atoms with Crippen molar-refractivity contribution < 1.29 is 0 Å². The predicted molar refractivity (Wildman–Crippen MR) is 68.2 cm³/mol. The second-order valence-electron chi connectivity index (χ2n) is 3.95. The second-order valence-corrected chi connectivity index (χ2v) is 3.95. The van der Waals surface area contributed by atoms with Crippen LogP contribution < -0.4 is 5.73 Å². The number of rotatable bonds is 3. The number of nitrogens with zero attached hydrogens (tertiary/aromatic N) is 1. The zero-order valence-electron chi connectivity index (χ0n) is 9.90. The molecule has 1 aromatic carbocycles. The maximum atomic E-state index is 5.75. The molecule has 2 heteroatoms. The molecule has 84 valence electrons. The smallest absolute Gasteiger partial charge is 0.0485 e. The lowest BCUT2D eigenvalue weighted by molar-refractivity contribution is 0.744. The van der Waals surface area contributed by atoms with Gasteiger partial charge >= 0.3 is 0 Å². The average Bonchev–Trinajstić information content (AvgIpc) is 2.66. The number of hydrogen-bond acceptors (Lipinski definition) is 1. The molecule has 2 aromatic rings. The van der Waals surface area contributed by atoms with Gasteiger partial charge in [-0.1, -0.05) is 30.3 Å². The molecule has 0 saturated heterocycles. The molecule has 0 bridgehead atoms. The first-order valence-corrected chi connectivity index (χ1v) is 5.72. The molecule has 2 nitrogen and oxygen atoms in total. The van der Waals surface area contributed by atoms with E-state index in [0.29, 0.717) is 6.54 Å². The highest BCUT2D eigenvalue weighted by atomic mass is 15.0. The van der Waals surface area contributed by atoms with Crippen molar-refractivity contribution in [1.82, 2.24) is 4.57 Å². The van der Waals surface area contributed by atoms with E-state index in [1.54, 1.807) is 0 Å². The maximum absolute atomic E-state index is 5.75. The van der Waals surface area contributed by atoms with Crippen LogP contribution >= 0.6 is 0 Å². The minimum atomic E-state index is 0.610. The van der Waals surface area contributed by atoms with Gasteiger partial charge in [0.1, 0.15) is 0 Å². The summed E-state index contributed by atoms with van der Waals surface area (Å²) in [6.45, 7) is 5.90. The zero-order chi connectivity index (χ0) is 11.5. The van der Waals surface area contributed by atoms with E-state index >= 15 is 0 Å². The first kappa shape index (κ1) is 11.0. The van der Waals surface area contributed by atoms with Gasteiger partial charge in [0.25, 0.3) is 0 Å². The molecule has 0 aliphatic rings. The highest BCUT2D eigenvalue weighted by molar-refractivity contribution is 5.62. The fourth-order valence-electron chi connectivity index (χ4n) is 2.16. The Kier molecular flexibility index (Phi) is 3.11. The lowest BCUT2D eigenvalue weighted by Gasteiger charge is -2.08. The van der Waals surface area contributed by atoms with E-state index < -0.39 is 0 Å². The fourth-order valence-corrected chi connectivity index (χ4v) is 2.16. The van der Waals surface area contributed by atoms with Crippen LogP contribution in [0.25, 0.3) is 11.3 Å². The molecule has 0 amide bonds. The van der Waals surface area contributed by atoms with E-state index in [1.807, 2.05) is 6.07 Å². The Labute approximate surface area is 96.7 Å². The SMILES string of the molecule is CCn1c(-c2ccccc2)cc(CN)c1C. The van der Waals surface area contributed by atoms with Crippen molar-refractivity contribution in [1.29, 1.82) is 0 Å². The Hall–Kier alpha value is -1.54. The van der Waals surface area contributed by atoms with Crippen LogP contribution in [0.5, 0.6) is 0 Å². The van der Waals surface area contributed by atoms with Crippen molar-refractivity contribution in [3.05, 3.63) is 47.7 Å². The van der Waals surface area contributed by atoms with Crippen molar-refractivity contribution in [2.75, 3.05) is 0 Å². The first-order chi connectivity index (χ1) is 7.77. The van der Waals surface area contributed by atoms with Crippen LogP contribution in [0.4, 0.5) is 0 Å². The fraction of sp³-hybridized carbons (Fsp3) is 0.286. The summed E-state index contributed by atoms with van der Waals surface area (Å²) in [5.41, 5.74) is 10.8. The topological polar surface area (TPSA) is 30.9 Å². The summed E-state index contributed by atoms with van der Waals surface area (Å²) in [6, 6.07) is 12.7. The molecule has 0 radical (unpaired) electrons. The summed E-state index contributed by atoms with van der Waals surface area (Å²) >= 11 is 0. The Morgan fingerprint density at radius 2 is 1.88 bits per heavy atom. The Balaban J connectivity index is 2.57. The Bertz CT molecular complexity index is 469. The van der Waals surface area contributed by atoms with Gasteiger partial charge in [-0.2, -0.15) is 0 Å². The first-order valence-electron chi connectivity index (χ1n) is 5.72. The van der Waals surface area contributed by atoms with Crippen LogP contribution in [0.15, 0.2) is 36.4 Å². The molecule has 0 fully saturated rings. The number of nitrogens with two attached hydrogens (primary N) is 1. The van der Waals surface area contributed by atoms with Crippen LogP contribution in [0, 0.1) is 6.92 Å². The second kappa shape index (κ2) is 4.54. The predicted octanol–water partition coefficient (Wildman–Crippen LogP) is 2.94. The molecule has 2 N–H and O–H groups in total. The van der Waals surface area contributed by atoms with Gasteiger partial charge in [0.2, 0.25) is 0 Å². The van der Waals surface area contributed by atoms with E-state index in [2.05, 4.69) is 48.7 Å². The van der Waals surface area contributed by atoms with Crippen LogP contribution in [0.2, 0.25) is 0 Å². The lowest BCUT2D eigenvalue weighted by Crippen LogP contribution is -2.02. The molecule has 0 saturated carbocycles. The zero-order valence-corrected chi connectivity index (χ0v) is 9.90. The Morgan fingerprint density at radius 1 is 1.19 bits per heavy atom.